The Balaban J connectivity index is 2.27. The van der Waals surface area contributed by atoms with Gasteiger partial charge in [0.1, 0.15) is 0 Å². The third-order valence-electron chi connectivity index (χ3n) is 1.98. The Hall–Kier alpha value is -1.33. The van der Waals surface area contributed by atoms with E-state index in [0.29, 0.717) is 6.54 Å². The number of nitrogens with one attached hydrogen (secondary N) is 1. The predicted octanol–water partition coefficient (Wildman–Crippen LogP) is 0.564. The molecule has 0 saturated carbocycles. The summed E-state index contributed by atoms with van der Waals surface area (Å²) in [5.41, 5.74) is 6.19. The number of hydrogen-bond donors (Lipinski definition) is 2. The maximum atomic E-state index is 11.5. The van der Waals surface area contributed by atoms with Crippen LogP contribution in [0.15, 0.2) is 30.3 Å². The largest absolute Gasteiger partial charge is 0.330 e. The number of carbonyl (C=O) groups is 2. The molecule has 92 valence electrons. The number of nitrogens with two attached hydrogens (primary N) is 1. The fourth-order valence-corrected chi connectivity index (χ4v) is 1.83. The molecule has 0 aromatic heterocycles. The second kappa shape index (κ2) is 7.86. The summed E-state index contributed by atoms with van der Waals surface area (Å²) in [7, 11) is 0. The summed E-state index contributed by atoms with van der Waals surface area (Å²) in [6.07, 6.45) is 0.230. The van der Waals surface area contributed by atoms with Gasteiger partial charge < -0.3 is 5.73 Å². The Kier molecular flexibility index (Phi) is 6.35. The lowest BCUT2D eigenvalue weighted by atomic mass is 10.1. The smallest absolute Gasteiger partial charge is 0.236 e. The first kappa shape index (κ1) is 13.7. The highest BCUT2D eigenvalue weighted by molar-refractivity contribution is 7.99. The Morgan fingerprint density at radius 2 is 1.88 bits per heavy atom. The third kappa shape index (κ3) is 6.09. The monoisotopic (exact) mass is 252 g/mol. The molecule has 4 nitrogen and oxygen atoms in total. The minimum atomic E-state index is -0.269. The first-order chi connectivity index (χ1) is 8.22. The van der Waals surface area contributed by atoms with Gasteiger partial charge >= 0.3 is 0 Å². The second-order valence-electron chi connectivity index (χ2n) is 3.47. The minimum absolute atomic E-state index is 0.230. The maximum Gasteiger partial charge on any atom is 0.236 e. The van der Waals surface area contributed by atoms with Crippen molar-refractivity contribution in [3.63, 3.8) is 0 Å². The lowest BCUT2D eigenvalue weighted by molar-refractivity contribution is -0.128. The Morgan fingerprint density at radius 1 is 1.18 bits per heavy atom. The van der Waals surface area contributed by atoms with Crippen molar-refractivity contribution in [3.05, 3.63) is 35.9 Å². The summed E-state index contributed by atoms with van der Waals surface area (Å²) in [6.45, 7) is 0.538. The fraction of sp³-hybridized carbons (Fsp3) is 0.333. The molecule has 0 aliphatic heterocycles. The van der Waals surface area contributed by atoms with Crippen LogP contribution in [0.1, 0.15) is 5.56 Å². The van der Waals surface area contributed by atoms with E-state index < -0.39 is 0 Å². The van der Waals surface area contributed by atoms with Crippen molar-refractivity contribution in [2.45, 2.75) is 6.42 Å². The standard InChI is InChI=1S/C12H16N2O2S/c13-6-7-17-9-12(16)14-11(15)8-10-4-2-1-3-5-10/h1-5H,6-9,13H2,(H,14,15,16). The van der Waals surface area contributed by atoms with Crippen LogP contribution in [0.3, 0.4) is 0 Å². The van der Waals surface area contributed by atoms with E-state index in [2.05, 4.69) is 5.32 Å². The van der Waals surface area contributed by atoms with E-state index in [-0.39, 0.29) is 24.0 Å². The summed E-state index contributed by atoms with van der Waals surface area (Å²) in [6, 6.07) is 9.32. The molecule has 0 aliphatic rings. The molecule has 17 heavy (non-hydrogen) atoms. The number of thioether (sulfide) groups is 1. The predicted molar refractivity (Wildman–Crippen MR) is 69.7 cm³/mol. The number of imide groups is 1. The highest BCUT2D eigenvalue weighted by Crippen LogP contribution is 2.00. The van der Waals surface area contributed by atoms with Gasteiger partial charge in [0.15, 0.2) is 0 Å². The number of carbonyl (C=O) groups excluding carboxylic acids is 2. The highest BCUT2D eigenvalue weighted by atomic mass is 32.2. The van der Waals surface area contributed by atoms with Crippen LogP contribution in [-0.4, -0.2) is 29.9 Å². The Morgan fingerprint density at radius 3 is 2.53 bits per heavy atom. The third-order valence-corrected chi connectivity index (χ3v) is 2.97. The second-order valence-corrected chi connectivity index (χ2v) is 4.58. The zero-order chi connectivity index (χ0) is 12.5. The first-order valence-corrected chi connectivity index (χ1v) is 6.52. The number of hydrogen-bond acceptors (Lipinski definition) is 4. The molecule has 2 amide bonds. The van der Waals surface area contributed by atoms with Crippen molar-refractivity contribution >= 4 is 23.6 Å². The van der Waals surface area contributed by atoms with Crippen LogP contribution in [0.2, 0.25) is 0 Å². The van der Waals surface area contributed by atoms with Crippen LogP contribution >= 0.6 is 11.8 Å². The molecule has 1 aromatic rings. The first-order valence-electron chi connectivity index (χ1n) is 5.37. The molecule has 0 aliphatic carbocycles. The van der Waals surface area contributed by atoms with E-state index in [9.17, 15) is 9.59 Å². The average molecular weight is 252 g/mol. The van der Waals surface area contributed by atoms with E-state index in [4.69, 9.17) is 5.73 Å². The van der Waals surface area contributed by atoms with Crippen molar-refractivity contribution in [2.24, 2.45) is 5.73 Å². The van der Waals surface area contributed by atoms with E-state index in [1.807, 2.05) is 30.3 Å². The van der Waals surface area contributed by atoms with E-state index in [1.165, 1.54) is 11.8 Å². The van der Waals surface area contributed by atoms with Gasteiger partial charge in [-0.2, -0.15) is 11.8 Å². The van der Waals surface area contributed by atoms with Crippen LogP contribution in [0.25, 0.3) is 0 Å². The van der Waals surface area contributed by atoms with E-state index in [0.717, 1.165) is 11.3 Å². The van der Waals surface area contributed by atoms with Gasteiger partial charge in [-0.15, -0.1) is 0 Å². The Bertz CT molecular complexity index is 368. The van der Waals surface area contributed by atoms with Crippen LogP contribution in [-0.2, 0) is 16.0 Å². The lowest BCUT2D eigenvalue weighted by Crippen LogP contribution is -2.33. The molecule has 0 bridgehead atoms. The molecule has 3 N–H and O–H groups in total. The summed E-state index contributed by atoms with van der Waals surface area (Å²) in [5, 5.41) is 2.35. The molecule has 0 unspecified atom stereocenters. The topological polar surface area (TPSA) is 72.2 Å². The molecular weight excluding hydrogens is 236 g/mol. The van der Waals surface area contributed by atoms with Crippen molar-refractivity contribution in [2.75, 3.05) is 18.1 Å². The maximum absolute atomic E-state index is 11.5. The number of amides is 2. The summed E-state index contributed by atoms with van der Waals surface area (Å²) in [4.78, 5) is 22.8. The summed E-state index contributed by atoms with van der Waals surface area (Å²) in [5.74, 6) is 0.469. The van der Waals surface area contributed by atoms with Crippen LogP contribution in [0.5, 0.6) is 0 Å². The molecule has 1 aromatic carbocycles. The van der Waals surface area contributed by atoms with Crippen molar-refractivity contribution < 1.29 is 9.59 Å². The molecule has 0 heterocycles. The molecule has 0 atom stereocenters. The highest BCUT2D eigenvalue weighted by Gasteiger charge is 2.08. The molecule has 0 saturated heterocycles. The zero-order valence-electron chi connectivity index (χ0n) is 9.52. The molecule has 0 spiro atoms. The van der Waals surface area contributed by atoms with Crippen molar-refractivity contribution in [1.29, 1.82) is 0 Å². The van der Waals surface area contributed by atoms with Gasteiger partial charge in [0, 0.05) is 12.3 Å². The normalized spacial score (nSPS) is 9.94. The summed E-state index contributed by atoms with van der Waals surface area (Å²) < 4.78 is 0. The number of benzene rings is 1. The van der Waals surface area contributed by atoms with Gasteiger partial charge in [-0.05, 0) is 5.56 Å². The SMILES string of the molecule is NCCSCC(=O)NC(=O)Cc1ccccc1. The molecular formula is C12H16N2O2S. The quantitative estimate of drug-likeness (QED) is 0.726. The van der Waals surface area contributed by atoms with Gasteiger partial charge in [0.25, 0.3) is 0 Å². The van der Waals surface area contributed by atoms with Gasteiger partial charge in [-0.3, -0.25) is 14.9 Å². The zero-order valence-corrected chi connectivity index (χ0v) is 10.3. The van der Waals surface area contributed by atoms with Crippen LogP contribution in [0.4, 0.5) is 0 Å². The average Bonchev–Trinajstić information content (AvgIpc) is 2.30. The summed E-state index contributed by atoms with van der Waals surface area (Å²) >= 11 is 1.42. The minimum Gasteiger partial charge on any atom is -0.330 e. The van der Waals surface area contributed by atoms with Crippen molar-refractivity contribution in [3.8, 4) is 0 Å². The molecule has 1 rings (SSSR count). The van der Waals surface area contributed by atoms with Crippen LogP contribution < -0.4 is 11.1 Å². The van der Waals surface area contributed by atoms with Crippen LogP contribution in [0, 0.1) is 0 Å². The molecule has 0 fully saturated rings. The van der Waals surface area contributed by atoms with Gasteiger partial charge in [-0.25, -0.2) is 0 Å². The molecule has 5 heteroatoms. The van der Waals surface area contributed by atoms with Gasteiger partial charge in [0.05, 0.1) is 12.2 Å². The van der Waals surface area contributed by atoms with Gasteiger partial charge in [-0.1, -0.05) is 30.3 Å². The fourth-order valence-electron chi connectivity index (χ4n) is 1.27. The van der Waals surface area contributed by atoms with Crippen molar-refractivity contribution in [1.82, 2.24) is 5.32 Å². The van der Waals surface area contributed by atoms with E-state index in [1.54, 1.807) is 0 Å². The lowest BCUT2D eigenvalue weighted by Gasteiger charge is -2.03. The molecule has 0 radical (unpaired) electrons. The Labute approximate surface area is 105 Å². The van der Waals surface area contributed by atoms with Gasteiger partial charge in [0.2, 0.25) is 11.8 Å². The number of rotatable bonds is 6. The van der Waals surface area contributed by atoms with E-state index >= 15 is 0 Å².